The number of rotatable bonds is 2. The Morgan fingerprint density at radius 3 is 2.37 bits per heavy atom. The Morgan fingerprint density at radius 2 is 1.74 bits per heavy atom. The summed E-state index contributed by atoms with van der Waals surface area (Å²) in [5.41, 5.74) is 9.34. The molecular weight excluding hydrogens is 236 g/mol. The second-order valence-corrected chi connectivity index (χ2v) is 5.69. The summed E-state index contributed by atoms with van der Waals surface area (Å²) in [5, 5.41) is 3.17. The van der Waals surface area contributed by atoms with Gasteiger partial charge in [-0.1, -0.05) is 31.7 Å². The molecule has 1 aliphatic rings. The van der Waals surface area contributed by atoms with E-state index in [1.807, 2.05) is 19.9 Å². The molecular formula is C16H24N2O. The quantitative estimate of drug-likeness (QED) is 0.633. The van der Waals surface area contributed by atoms with Gasteiger partial charge in [0.25, 0.3) is 5.91 Å². The van der Waals surface area contributed by atoms with Crippen molar-refractivity contribution in [2.75, 3.05) is 5.73 Å². The van der Waals surface area contributed by atoms with Crippen LogP contribution < -0.4 is 11.1 Å². The van der Waals surface area contributed by atoms with Gasteiger partial charge in [0.2, 0.25) is 0 Å². The van der Waals surface area contributed by atoms with E-state index in [0.717, 1.165) is 24.0 Å². The third-order valence-electron chi connectivity index (χ3n) is 4.05. The third kappa shape index (κ3) is 3.49. The molecule has 1 amide bonds. The van der Waals surface area contributed by atoms with Crippen molar-refractivity contribution >= 4 is 11.6 Å². The van der Waals surface area contributed by atoms with Crippen molar-refractivity contribution in [2.24, 2.45) is 0 Å². The van der Waals surface area contributed by atoms with E-state index in [1.54, 1.807) is 6.07 Å². The topological polar surface area (TPSA) is 55.1 Å². The fourth-order valence-corrected chi connectivity index (χ4v) is 2.80. The van der Waals surface area contributed by atoms with Crippen LogP contribution in [0.25, 0.3) is 0 Å². The number of nitrogen functional groups attached to an aromatic ring is 1. The smallest absolute Gasteiger partial charge is 0.251 e. The number of nitrogens with two attached hydrogens (primary N) is 1. The van der Waals surface area contributed by atoms with E-state index in [0.29, 0.717) is 17.3 Å². The molecule has 0 aliphatic heterocycles. The molecule has 0 bridgehead atoms. The molecule has 1 fully saturated rings. The number of carbonyl (C=O) groups excluding carboxylic acids is 1. The molecule has 1 aromatic carbocycles. The molecule has 3 heteroatoms. The number of hydrogen-bond acceptors (Lipinski definition) is 2. The van der Waals surface area contributed by atoms with Crippen LogP contribution in [0.3, 0.4) is 0 Å². The van der Waals surface area contributed by atoms with Gasteiger partial charge < -0.3 is 11.1 Å². The predicted molar refractivity (Wildman–Crippen MR) is 79.3 cm³/mol. The maximum absolute atomic E-state index is 12.3. The number of hydrogen-bond donors (Lipinski definition) is 2. The van der Waals surface area contributed by atoms with Crippen LogP contribution in [-0.2, 0) is 0 Å². The average Bonchev–Trinajstić information content (AvgIpc) is 2.62. The lowest BCUT2D eigenvalue weighted by atomic mass is 10.0. The first-order valence-electron chi connectivity index (χ1n) is 7.25. The number of anilines is 1. The molecule has 1 saturated carbocycles. The summed E-state index contributed by atoms with van der Waals surface area (Å²) in [5.74, 6) is 0.0242. The number of nitrogens with one attached hydrogen (secondary N) is 1. The van der Waals surface area contributed by atoms with E-state index < -0.39 is 0 Å². The minimum Gasteiger partial charge on any atom is -0.398 e. The molecule has 3 N–H and O–H groups in total. The Kier molecular flexibility index (Phi) is 4.46. The van der Waals surface area contributed by atoms with Gasteiger partial charge in [-0.05, 0) is 43.9 Å². The van der Waals surface area contributed by atoms with Crippen molar-refractivity contribution in [3.63, 3.8) is 0 Å². The highest BCUT2D eigenvalue weighted by molar-refractivity contribution is 5.96. The number of aryl methyl sites for hydroxylation is 2. The Bertz CT molecular complexity index is 460. The second kappa shape index (κ2) is 6.09. The lowest BCUT2D eigenvalue weighted by Gasteiger charge is -2.17. The van der Waals surface area contributed by atoms with Gasteiger partial charge in [-0.2, -0.15) is 0 Å². The molecule has 0 aromatic heterocycles. The summed E-state index contributed by atoms with van der Waals surface area (Å²) in [6, 6.07) is 4.12. The largest absolute Gasteiger partial charge is 0.398 e. The summed E-state index contributed by atoms with van der Waals surface area (Å²) in [4.78, 5) is 12.3. The highest BCUT2D eigenvalue weighted by Gasteiger charge is 2.17. The van der Waals surface area contributed by atoms with E-state index >= 15 is 0 Å². The molecule has 0 unspecified atom stereocenters. The monoisotopic (exact) mass is 260 g/mol. The van der Waals surface area contributed by atoms with Crippen LogP contribution in [0.5, 0.6) is 0 Å². The highest BCUT2D eigenvalue weighted by Crippen LogP contribution is 2.20. The summed E-state index contributed by atoms with van der Waals surface area (Å²) in [6.45, 7) is 3.93. The fourth-order valence-electron chi connectivity index (χ4n) is 2.80. The van der Waals surface area contributed by atoms with E-state index in [2.05, 4.69) is 5.32 Å². The lowest BCUT2D eigenvalue weighted by molar-refractivity contribution is 0.0933. The number of amides is 1. The fraction of sp³-hybridized carbons (Fsp3) is 0.562. The van der Waals surface area contributed by atoms with Crippen LogP contribution in [0, 0.1) is 13.8 Å². The van der Waals surface area contributed by atoms with E-state index in [1.165, 1.54) is 25.7 Å². The molecule has 19 heavy (non-hydrogen) atoms. The molecule has 0 spiro atoms. The summed E-state index contributed by atoms with van der Waals surface area (Å²) < 4.78 is 0. The van der Waals surface area contributed by atoms with Crippen LogP contribution in [0.1, 0.15) is 60.0 Å². The SMILES string of the molecule is Cc1cc(C)c(C(=O)NC2CCCCCC2)cc1N. The van der Waals surface area contributed by atoms with Gasteiger partial charge in [0.15, 0.2) is 0 Å². The van der Waals surface area contributed by atoms with Crippen LogP contribution in [-0.4, -0.2) is 11.9 Å². The third-order valence-corrected chi connectivity index (χ3v) is 4.05. The lowest BCUT2D eigenvalue weighted by Crippen LogP contribution is -2.34. The molecule has 104 valence electrons. The van der Waals surface area contributed by atoms with E-state index in [-0.39, 0.29) is 5.91 Å². The van der Waals surface area contributed by atoms with Gasteiger partial charge in [0.05, 0.1) is 0 Å². The maximum atomic E-state index is 12.3. The van der Waals surface area contributed by atoms with Crippen molar-refractivity contribution in [1.82, 2.24) is 5.32 Å². The van der Waals surface area contributed by atoms with Gasteiger partial charge in [0, 0.05) is 17.3 Å². The summed E-state index contributed by atoms with van der Waals surface area (Å²) in [6.07, 6.45) is 7.24. The van der Waals surface area contributed by atoms with Crippen molar-refractivity contribution in [1.29, 1.82) is 0 Å². The van der Waals surface area contributed by atoms with Gasteiger partial charge in [0.1, 0.15) is 0 Å². The molecule has 0 radical (unpaired) electrons. The van der Waals surface area contributed by atoms with E-state index in [4.69, 9.17) is 5.73 Å². The Hall–Kier alpha value is -1.51. The average molecular weight is 260 g/mol. The van der Waals surface area contributed by atoms with Crippen molar-refractivity contribution < 1.29 is 4.79 Å². The van der Waals surface area contributed by atoms with Crippen molar-refractivity contribution in [3.05, 3.63) is 28.8 Å². The zero-order valence-corrected chi connectivity index (χ0v) is 12.0. The first kappa shape index (κ1) is 13.9. The Morgan fingerprint density at radius 1 is 1.11 bits per heavy atom. The van der Waals surface area contributed by atoms with Gasteiger partial charge >= 0.3 is 0 Å². The Balaban J connectivity index is 2.08. The molecule has 2 rings (SSSR count). The summed E-state index contributed by atoms with van der Waals surface area (Å²) >= 11 is 0. The minimum absolute atomic E-state index is 0.0242. The molecule has 1 aromatic rings. The van der Waals surface area contributed by atoms with Crippen LogP contribution in [0.15, 0.2) is 12.1 Å². The highest BCUT2D eigenvalue weighted by atomic mass is 16.1. The molecule has 0 heterocycles. The van der Waals surface area contributed by atoms with Gasteiger partial charge in [-0.15, -0.1) is 0 Å². The Labute approximate surface area is 115 Å². The number of carbonyl (C=O) groups is 1. The van der Waals surface area contributed by atoms with Gasteiger partial charge in [-0.25, -0.2) is 0 Å². The van der Waals surface area contributed by atoms with Crippen LogP contribution in [0.4, 0.5) is 5.69 Å². The van der Waals surface area contributed by atoms with Crippen molar-refractivity contribution in [2.45, 2.75) is 58.4 Å². The van der Waals surface area contributed by atoms with Crippen molar-refractivity contribution in [3.8, 4) is 0 Å². The maximum Gasteiger partial charge on any atom is 0.251 e. The second-order valence-electron chi connectivity index (χ2n) is 5.69. The first-order valence-corrected chi connectivity index (χ1v) is 7.25. The number of benzene rings is 1. The van der Waals surface area contributed by atoms with Crippen LogP contribution in [0.2, 0.25) is 0 Å². The normalized spacial score (nSPS) is 16.9. The zero-order chi connectivity index (χ0) is 13.8. The summed E-state index contributed by atoms with van der Waals surface area (Å²) in [7, 11) is 0. The molecule has 0 saturated heterocycles. The molecule has 1 aliphatic carbocycles. The zero-order valence-electron chi connectivity index (χ0n) is 12.0. The first-order chi connectivity index (χ1) is 9.08. The van der Waals surface area contributed by atoms with E-state index in [9.17, 15) is 4.79 Å². The standard InChI is InChI=1S/C16H24N2O/c1-11-9-12(2)15(17)10-14(11)16(19)18-13-7-5-3-4-6-8-13/h9-10,13H,3-8,17H2,1-2H3,(H,18,19). The molecule has 3 nitrogen and oxygen atoms in total. The predicted octanol–water partition coefficient (Wildman–Crippen LogP) is 3.34. The van der Waals surface area contributed by atoms with Crippen LogP contribution >= 0.6 is 0 Å². The minimum atomic E-state index is 0.0242. The molecule has 0 atom stereocenters. The van der Waals surface area contributed by atoms with Gasteiger partial charge in [-0.3, -0.25) is 4.79 Å².